The zero-order valence-corrected chi connectivity index (χ0v) is 31.1. The maximum absolute atomic E-state index is 12.4. The number of allylic oxidation sites excluding steroid dienone is 13. The SMILES string of the molecule is [C-]#[N+]/C(C#N)=C(/C(C#N)=C/C=C/C1=C(N2CCN(C(=O)OCC)CC2)C(=C/C=C/C(C#N)=C(\c2ccc(C(=O)[O-])cc2)[C-](C#N)C#N)/CC1)c1ccc(C(=O)[O-])cc1. The summed E-state index contributed by atoms with van der Waals surface area (Å²) in [5.41, 5.74) is 2.54. The van der Waals surface area contributed by atoms with E-state index in [9.17, 15) is 50.9 Å². The number of carboxylic acids is 2. The highest BCUT2D eigenvalue weighted by molar-refractivity contribution is 5.92. The lowest BCUT2D eigenvalue weighted by molar-refractivity contribution is -0.256. The Kier molecular flexibility index (Phi) is 14.7. The zero-order valence-electron chi connectivity index (χ0n) is 31.1. The minimum atomic E-state index is -1.41. The molecule has 1 aliphatic carbocycles. The average Bonchev–Trinajstić information content (AvgIpc) is 3.65. The van der Waals surface area contributed by atoms with Crippen molar-refractivity contribution in [2.45, 2.75) is 19.8 Å². The fourth-order valence-corrected chi connectivity index (χ4v) is 6.32. The zero-order chi connectivity index (χ0) is 42.2. The lowest BCUT2D eigenvalue weighted by Crippen LogP contribution is -2.48. The molecule has 2 aliphatic rings. The molecule has 1 heterocycles. The molecule has 1 fully saturated rings. The molecule has 14 nitrogen and oxygen atoms in total. The van der Waals surface area contributed by atoms with Crippen LogP contribution in [0.2, 0.25) is 0 Å². The van der Waals surface area contributed by atoms with Gasteiger partial charge in [0.05, 0.1) is 42.8 Å². The van der Waals surface area contributed by atoms with Crippen LogP contribution in [-0.2, 0) is 4.74 Å². The molecule has 0 unspecified atom stereocenters. The first kappa shape index (κ1) is 42.2. The number of nitriles is 5. The molecule has 1 saturated heterocycles. The van der Waals surface area contributed by atoms with Crippen LogP contribution < -0.4 is 10.2 Å². The Morgan fingerprint density at radius 3 is 1.91 bits per heavy atom. The molecule has 2 aromatic carbocycles. The number of benzene rings is 2. The van der Waals surface area contributed by atoms with Crippen LogP contribution in [0, 0.1) is 69.1 Å². The fourth-order valence-electron chi connectivity index (χ4n) is 6.32. The van der Waals surface area contributed by atoms with Gasteiger partial charge < -0.3 is 34.3 Å². The van der Waals surface area contributed by atoms with Gasteiger partial charge in [0.2, 0.25) is 0 Å². The number of carboxylic acid groups (broad SMARTS) is 2. The first-order valence-electron chi connectivity index (χ1n) is 17.6. The number of carbonyl (C=O) groups is 3. The van der Waals surface area contributed by atoms with Gasteiger partial charge in [0.1, 0.15) is 0 Å². The standard InChI is InChI=1S/C44H33N8O6/c1-3-58-44(57)52-22-20-51(21-23-52)41-31(6-4-8-35(24-45)39(37(26-47)27-48)29-10-16-33(17-11-29)42(53)54)14-15-32(41)7-5-9-36(25-46)40(38(28-49)50-2)30-12-18-34(19-13-30)43(55)56/h4-13,16-19H,3,14-15,20-23H2,1H3,(H,53,54)(H,55,56)/q-1/p-2/b7-5+,8-4+,31-6+,36-9+,39-35-,40-38+. The predicted molar refractivity (Wildman–Crippen MR) is 204 cm³/mol. The van der Waals surface area contributed by atoms with Gasteiger partial charge in [0.15, 0.2) is 0 Å². The fraction of sp³-hybridized carbons (Fsp3) is 0.182. The highest BCUT2D eigenvalue weighted by atomic mass is 16.6. The van der Waals surface area contributed by atoms with E-state index in [4.69, 9.17) is 11.3 Å². The van der Waals surface area contributed by atoms with E-state index in [2.05, 4.69) is 9.74 Å². The second-order valence-corrected chi connectivity index (χ2v) is 12.3. The van der Waals surface area contributed by atoms with Crippen molar-refractivity contribution in [2.24, 2.45) is 0 Å². The largest absolute Gasteiger partial charge is 0.545 e. The summed E-state index contributed by atoms with van der Waals surface area (Å²) in [6.45, 7) is 11.2. The Bertz CT molecular complexity index is 2420. The van der Waals surface area contributed by atoms with Crippen molar-refractivity contribution in [1.82, 2.24) is 9.80 Å². The van der Waals surface area contributed by atoms with Crippen LogP contribution in [0.3, 0.4) is 0 Å². The minimum Gasteiger partial charge on any atom is -0.545 e. The van der Waals surface area contributed by atoms with Crippen molar-refractivity contribution in [3.8, 4) is 30.3 Å². The average molecular weight is 768 g/mol. The summed E-state index contributed by atoms with van der Waals surface area (Å²) in [5.74, 6) is -3.17. The molecule has 58 heavy (non-hydrogen) atoms. The normalized spacial score (nSPS) is 15.6. The monoisotopic (exact) mass is 767 g/mol. The highest BCUT2D eigenvalue weighted by Gasteiger charge is 2.28. The third kappa shape index (κ3) is 9.94. The molecule has 2 aromatic rings. The van der Waals surface area contributed by atoms with E-state index in [0.29, 0.717) is 39.0 Å². The lowest BCUT2D eigenvalue weighted by Gasteiger charge is -2.37. The number of nitrogens with zero attached hydrogens (tertiary/aromatic N) is 8. The van der Waals surface area contributed by atoms with E-state index < -0.39 is 18.0 Å². The summed E-state index contributed by atoms with van der Waals surface area (Å²) in [4.78, 5) is 42.0. The summed E-state index contributed by atoms with van der Waals surface area (Å²) < 4.78 is 5.18. The van der Waals surface area contributed by atoms with Gasteiger partial charge in [0.25, 0.3) is 5.70 Å². The van der Waals surface area contributed by atoms with Crippen molar-refractivity contribution >= 4 is 29.2 Å². The van der Waals surface area contributed by atoms with E-state index >= 15 is 0 Å². The van der Waals surface area contributed by atoms with Gasteiger partial charge in [-0.25, -0.2) is 30.7 Å². The molecular weight excluding hydrogens is 737 g/mol. The van der Waals surface area contributed by atoms with Gasteiger partial charge in [-0.15, -0.1) is 29.3 Å². The second kappa shape index (κ2) is 20.2. The number of aromatic carboxylic acids is 2. The first-order valence-corrected chi connectivity index (χ1v) is 17.6. The molecule has 0 aromatic heterocycles. The molecule has 1 aliphatic heterocycles. The van der Waals surface area contributed by atoms with Gasteiger partial charge in [-0.2, -0.15) is 5.26 Å². The van der Waals surface area contributed by atoms with Crippen LogP contribution in [0.25, 0.3) is 16.0 Å². The molecule has 286 valence electrons. The third-order valence-corrected chi connectivity index (χ3v) is 9.04. The minimum absolute atomic E-state index is 0.0151. The van der Waals surface area contributed by atoms with E-state index in [1.165, 1.54) is 60.7 Å². The number of rotatable bonds is 12. The Morgan fingerprint density at radius 2 is 1.41 bits per heavy atom. The summed E-state index contributed by atoms with van der Waals surface area (Å²) in [6, 6.07) is 20.0. The van der Waals surface area contributed by atoms with Crippen molar-refractivity contribution in [3.05, 3.63) is 158 Å². The van der Waals surface area contributed by atoms with Crippen LogP contribution in [0.5, 0.6) is 0 Å². The number of hydrogen-bond donors (Lipinski definition) is 0. The summed E-state index contributed by atoms with van der Waals surface area (Å²) in [6.07, 6.45) is 10.4. The van der Waals surface area contributed by atoms with Gasteiger partial charge in [-0.3, -0.25) is 0 Å². The van der Waals surface area contributed by atoms with Crippen molar-refractivity contribution in [3.63, 3.8) is 0 Å². The molecule has 14 heteroatoms. The Hall–Kier alpha value is -8.56. The lowest BCUT2D eigenvalue weighted by atomic mass is 9.89. The summed E-state index contributed by atoms with van der Waals surface area (Å²) in [7, 11) is 0. The van der Waals surface area contributed by atoms with Gasteiger partial charge in [0, 0.05) is 61.6 Å². The number of hydrogen-bond acceptors (Lipinski definition) is 12. The van der Waals surface area contributed by atoms with E-state index in [-0.39, 0.29) is 62.8 Å². The van der Waals surface area contributed by atoms with Crippen molar-refractivity contribution in [2.75, 3.05) is 32.8 Å². The molecular formula is C44H31N8O6-3. The Labute approximate surface area is 335 Å². The molecule has 0 N–H and O–H groups in total. The molecule has 0 bridgehead atoms. The van der Waals surface area contributed by atoms with Crippen LogP contribution >= 0.6 is 0 Å². The molecule has 4 rings (SSSR count). The first-order chi connectivity index (χ1) is 28.0. The number of carbonyl (C=O) groups excluding carboxylic acids is 3. The molecule has 0 spiro atoms. The van der Waals surface area contributed by atoms with Crippen molar-refractivity contribution in [1.29, 1.82) is 26.3 Å². The van der Waals surface area contributed by atoms with E-state index in [1.807, 2.05) is 18.2 Å². The topological polar surface area (TPSA) is 236 Å². The quantitative estimate of drug-likeness (QED) is 0.165. The maximum atomic E-state index is 12.4. The van der Waals surface area contributed by atoms with E-state index in [0.717, 1.165) is 16.8 Å². The second-order valence-electron chi connectivity index (χ2n) is 12.3. The molecule has 1 amide bonds. The van der Waals surface area contributed by atoms with Crippen LogP contribution in [0.1, 0.15) is 51.6 Å². The van der Waals surface area contributed by atoms with Crippen LogP contribution in [0.15, 0.2) is 119 Å². The van der Waals surface area contributed by atoms with Gasteiger partial charge >= 0.3 is 6.09 Å². The van der Waals surface area contributed by atoms with Crippen LogP contribution in [0.4, 0.5) is 4.79 Å². The Morgan fingerprint density at radius 1 is 0.828 bits per heavy atom. The highest BCUT2D eigenvalue weighted by Crippen LogP contribution is 2.36. The number of amides is 1. The molecule has 0 saturated carbocycles. The van der Waals surface area contributed by atoms with E-state index in [1.54, 1.807) is 48.3 Å². The van der Waals surface area contributed by atoms with Crippen molar-refractivity contribution < 1.29 is 29.3 Å². The van der Waals surface area contributed by atoms with Gasteiger partial charge in [-0.1, -0.05) is 60.7 Å². The third-order valence-electron chi connectivity index (χ3n) is 9.04. The number of piperazine rings is 1. The smallest absolute Gasteiger partial charge is 0.409 e. The summed E-state index contributed by atoms with van der Waals surface area (Å²) >= 11 is 0. The predicted octanol–water partition coefficient (Wildman–Crippen LogP) is 4.48. The maximum Gasteiger partial charge on any atom is 0.409 e. The number of ether oxygens (including phenoxy) is 1. The Balaban J connectivity index is 1.79. The van der Waals surface area contributed by atoms with Gasteiger partial charge in [-0.05, 0) is 59.3 Å². The molecule has 0 atom stereocenters. The van der Waals surface area contributed by atoms with Crippen LogP contribution in [-0.4, -0.2) is 60.6 Å². The summed E-state index contributed by atoms with van der Waals surface area (Å²) in [5, 5.41) is 72.0. The molecule has 0 radical (unpaired) electrons.